The van der Waals surface area contributed by atoms with Gasteiger partial charge in [-0.05, 0) is 6.07 Å². The maximum atomic E-state index is 13.2. The van der Waals surface area contributed by atoms with E-state index >= 15 is 0 Å². The highest BCUT2D eigenvalue weighted by atomic mass is 32.2. The van der Waals surface area contributed by atoms with Gasteiger partial charge in [-0.3, -0.25) is 19.3 Å². The van der Waals surface area contributed by atoms with Crippen molar-refractivity contribution in [2.45, 2.75) is 24.6 Å². The van der Waals surface area contributed by atoms with Gasteiger partial charge in [0.25, 0.3) is 11.8 Å². The van der Waals surface area contributed by atoms with Gasteiger partial charge in [0, 0.05) is 28.2 Å². The Hall–Kier alpha value is -4.55. The van der Waals surface area contributed by atoms with Gasteiger partial charge in [-0.25, -0.2) is 9.97 Å². The number of rotatable bonds is 11. The average molecular weight is 616 g/mol. The number of β-lactam (4-membered cyclic amide) rings is 1. The van der Waals surface area contributed by atoms with Gasteiger partial charge in [0.05, 0.1) is 17.4 Å². The Morgan fingerprint density at radius 2 is 2.05 bits per heavy atom. The van der Waals surface area contributed by atoms with E-state index in [1.807, 2.05) is 0 Å². The first-order valence-corrected chi connectivity index (χ1v) is 14.6. The summed E-state index contributed by atoms with van der Waals surface area (Å²) < 4.78 is 1.68. The van der Waals surface area contributed by atoms with Crippen molar-refractivity contribution in [3.63, 3.8) is 0 Å². The average Bonchev–Trinajstić information content (AvgIpc) is 3.57. The van der Waals surface area contributed by atoms with Crippen LogP contribution in [-0.4, -0.2) is 61.9 Å². The summed E-state index contributed by atoms with van der Waals surface area (Å²) in [5.41, 5.74) is 12.5. The number of carboxylic acids is 1. The Morgan fingerprint density at radius 1 is 1.27 bits per heavy atom. The van der Waals surface area contributed by atoms with Crippen LogP contribution in [0.1, 0.15) is 11.4 Å². The molecule has 41 heavy (non-hydrogen) atoms. The number of aliphatic carboxylic acids is 1. The quantitative estimate of drug-likeness (QED) is 0.0649. The molecule has 5 heterocycles. The van der Waals surface area contributed by atoms with Gasteiger partial charge in [-0.1, -0.05) is 5.16 Å². The molecule has 3 aromatic rings. The van der Waals surface area contributed by atoms with Gasteiger partial charge in [0.15, 0.2) is 41.5 Å². The number of pyridine rings is 1. The molecule has 0 aromatic carbocycles. The number of thioether (sulfide) groups is 1. The number of aromatic nitrogens is 3. The zero-order valence-corrected chi connectivity index (χ0v) is 23.3. The number of oxime groups is 1. The number of carboxylic acid groups (broad SMARTS) is 1. The lowest BCUT2D eigenvalue weighted by Crippen LogP contribution is -2.71. The first-order chi connectivity index (χ1) is 19.7. The number of carbonyl (C=O) groups is 4. The molecule has 3 aromatic heterocycles. The van der Waals surface area contributed by atoms with Crippen LogP contribution >= 0.6 is 34.4 Å². The first-order valence-electron chi connectivity index (χ1n) is 11.7. The molecule has 18 heteroatoms. The Bertz CT molecular complexity index is 1590. The number of anilines is 3. The van der Waals surface area contributed by atoms with Crippen LogP contribution in [-0.2, 0) is 37.2 Å². The van der Waals surface area contributed by atoms with Crippen molar-refractivity contribution in [2.75, 3.05) is 22.5 Å². The highest BCUT2D eigenvalue weighted by Gasteiger charge is 2.53. The van der Waals surface area contributed by atoms with Crippen LogP contribution in [0, 0.1) is 0 Å². The molecule has 2 atom stereocenters. The number of thiazole rings is 2. The molecule has 1 unspecified atom stereocenters. The maximum absolute atomic E-state index is 13.2. The van der Waals surface area contributed by atoms with E-state index in [4.69, 9.17) is 16.3 Å². The Kier molecular flexibility index (Phi) is 8.13. The second-order valence-electron chi connectivity index (χ2n) is 8.59. The van der Waals surface area contributed by atoms with Crippen molar-refractivity contribution < 1.29 is 33.7 Å². The Labute approximate surface area is 243 Å². The topological polar surface area (TPSA) is 222 Å². The normalized spacial score (nSPS) is 18.4. The number of hydrogen-bond acceptors (Lipinski definition) is 14. The monoisotopic (exact) mass is 615 g/mol. The van der Waals surface area contributed by atoms with Crippen molar-refractivity contribution in [1.29, 1.82) is 0 Å². The summed E-state index contributed by atoms with van der Waals surface area (Å²) >= 11 is 3.61. The molecule has 0 radical (unpaired) electrons. The molecule has 1 fully saturated rings. The fourth-order valence-electron chi connectivity index (χ4n) is 4.15. The van der Waals surface area contributed by atoms with E-state index < -0.39 is 29.2 Å². The third-order valence-corrected chi connectivity index (χ3v) is 8.64. The van der Waals surface area contributed by atoms with Gasteiger partial charge < -0.3 is 36.8 Å². The molecule has 5 rings (SSSR count). The summed E-state index contributed by atoms with van der Waals surface area (Å²) in [5, 5.41) is 24.3. The standard InChI is InChI=1S/C23H21N9O6S3/c24-22-27-13(8-40-22)6-38-30-15(14-9-41-23(25)28-14)18(34)29-16-19(35)32-17(21(36)37)11(7-39-20(16)32)4-31-3-1-2-12(5-31)26-10-33/h1-3,5,8-10,16,20H,4,6-7H2,(H6-,24,25,26,27,28,29,33,34,36,37)/b30-15-/t16?,20-/m0/s1. The minimum Gasteiger partial charge on any atom is -0.543 e. The van der Waals surface area contributed by atoms with Crippen molar-refractivity contribution >= 4 is 80.3 Å². The number of carbonyl (C=O) groups excluding carboxylic acids is 4. The second kappa shape index (κ2) is 11.9. The molecule has 1 saturated heterocycles. The third-order valence-electron chi connectivity index (χ3n) is 5.90. The van der Waals surface area contributed by atoms with Crippen LogP contribution in [0.5, 0.6) is 0 Å². The van der Waals surface area contributed by atoms with E-state index in [0.717, 1.165) is 16.2 Å². The zero-order valence-electron chi connectivity index (χ0n) is 20.9. The molecule has 15 nitrogen and oxygen atoms in total. The minimum atomic E-state index is -1.51. The second-order valence-corrected chi connectivity index (χ2v) is 11.5. The highest BCUT2D eigenvalue weighted by molar-refractivity contribution is 8.00. The van der Waals surface area contributed by atoms with Gasteiger partial charge in [0.1, 0.15) is 22.8 Å². The summed E-state index contributed by atoms with van der Waals surface area (Å²) in [4.78, 5) is 63.8. The smallest absolute Gasteiger partial charge is 0.276 e. The number of hydrogen-bond donors (Lipinski definition) is 4. The summed E-state index contributed by atoms with van der Waals surface area (Å²) in [6.45, 7) is 0.0790. The fraction of sp³-hybridized carbons (Fsp3) is 0.217. The number of fused-ring (bicyclic) bond motifs is 1. The van der Waals surface area contributed by atoms with E-state index in [1.54, 1.807) is 34.5 Å². The first kappa shape index (κ1) is 28.0. The SMILES string of the molecule is Nc1nc(CO/N=C(\C(=O)NC2C(=O)N3C(C(=O)[O-])=C(C[n+]4cccc(NC=O)c4)CS[C@@H]23)c2csc(N)n2)cs1. The maximum Gasteiger partial charge on any atom is 0.276 e. The van der Waals surface area contributed by atoms with E-state index in [1.165, 1.54) is 28.5 Å². The predicted molar refractivity (Wildman–Crippen MR) is 148 cm³/mol. The molecule has 2 aliphatic rings. The van der Waals surface area contributed by atoms with E-state index in [0.29, 0.717) is 28.5 Å². The summed E-state index contributed by atoms with van der Waals surface area (Å²) in [7, 11) is 0. The van der Waals surface area contributed by atoms with Gasteiger partial charge in [-0.15, -0.1) is 34.4 Å². The van der Waals surface area contributed by atoms with Crippen LogP contribution in [0.15, 0.2) is 51.7 Å². The van der Waals surface area contributed by atoms with Crippen LogP contribution in [0.4, 0.5) is 16.0 Å². The predicted octanol–water partition coefficient (Wildman–Crippen LogP) is -1.36. The van der Waals surface area contributed by atoms with E-state index in [9.17, 15) is 24.3 Å². The zero-order chi connectivity index (χ0) is 29.1. The molecule has 0 aliphatic carbocycles. The lowest BCUT2D eigenvalue weighted by atomic mass is 10.0. The Morgan fingerprint density at radius 3 is 2.73 bits per heavy atom. The lowest BCUT2D eigenvalue weighted by molar-refractivity contribution is -0.688. The van der Waals surface area contributed by atoms with Crippen molar-refractivity contribution in [2.24, 2.45) is 5.16 Å². The summed E-state index contributed by atoms with van der Waals surface area (Å²) in [6, 6.07) is 2.33. The summed E-state index contributed by atoms with van der Waals surface area (Å²) in [6.07, 6.45) is 3.86. The van der Waals surface area contributed by atoms with Crippen molar-refractivity contribution in [3.8, 4) is 0 Å². The van der Waals surface area contributed by atoms with Gasteiger partial charge in [0.2, 0.25) is 6.41 Å². The molecule has 0 spiro atoms. The van der Waals surface area contributed by atoms with E-state index in [2.05, 4.69) is 25.8 Å². The van der Waals surface area contributed by atoms with Crippen LogP contribution in [0.3, 0.4) is 0 Å². The molecular weight excluding hydrogens is 595 g/mol. The molecule has 3 amide bonds. The van der Waals surface area contributed by atoms with Crippen molar-refractivity contribution in [1.82, 2.24) is 20.2 Å². The fourth-order valence-corrected chi connectivity index (χ4v) is 6.58. The molecular formula is C23H21N9O6S3. The number of nitrogens with two attached hydrogens (primary N) is 2. The number of amides is 3. The number of nitrogen functional groups attached to an aromatic ring is 2. The highest BCUT2D eigenvalue weighted by Crippen LogP contribution is 2.40. The number of nitrogens with one attached hydrogen (secondary N) is 2. The third kappa shape index (κ3) is 5.98. The van der Waals surface area contributed by atoms with E-state index in [-0.39, 0.29) is 41.1 Å². The number of nitrogens with zero attached hydrogens (tertiary/aromatic N) is 5. The summed E-state index contributed by atoms with van der Waals surface area (Å²) in [5.74, 6) is -2.63. The van der Waals surface area contributed by atoms with Gasteiger partial charge >= 0.3 is 0 Å². The molecule has 6 N–H and O–H groups in total. The Balaban J connectivity index is 1.32. The molecule has 0 saturated carbocycles. The molecule has 0 bridgehead atoms. The van der Waals surface area contributed by atoms with Gasteiger partial charge in [-0.2, -0.15) is 4.57 Å². The largest absolute Gasteiger partial charge is 0.543 e. The lowest BCUT2D eigenvalue weighted by Gasteiger charge is -2.50. The van der Waals surface area contributed by atoms with Crippen LogP contribution in [0.25, 0.3) is 0 Å². The molecule has 212 valence electrons. The molecule has 2 aliphatic heterocycles. The van der Waals surface area contributed by atoms with Crippen LogP contribution in [0.2, 0.25) is 0 Å². The minimum absolute atomic E-state index is 0.0621. The van der Waals surface area contributed by atoms with Crippen LogP contribution < -0.4 is 31.8 Å². The van der Waals surface area contributed by atoms with Crippen molar-refractivity contribution in [3.05, 3.63) is 57.9 Å².